The first kappa shape index (κ1) is 10.4. The fourth-order valence-electron chi connectivity index (χ4n) is 1.38. The van der Waals surface area contributed by atoms with Crippen molar-refractivity contribution >= 4 is 11.9 Å². The van der Waals surface area contributed by atoms with Crippen LogP contribution in [0.5, 0.6) is 5.75 Å². The van der Waals surface area contributed by atoms with E-state index in [2.05, 4.69) is 10.1 Å². The molecule has 1 aromatic heterocycles. The van der Waals surface area contributed by atoms with Crippen LogP contribution in [0, 0.1) is 0 Å². The van der Waals surface area contributed by atoms with E-state index in [4.69, 9.17) is 4.74 Å². The molecule has 4 heteroatoms. The molecule has 0 radical (unpaired) electrons. The number of aryl methyl sites for hydroxylation is 1. The number of para-hydroxylation sites is 2. The van der Waals surface area contributed by atoms with Gasteiger partial charge in [-0.1, -0.05) is 12.1 Å². The van der Waals surface area contributed by atoms with Crippen molar-refractivity contribution in [2.24, 2.45) is 12.0 Å². The molecule has 0 amide bonds. The number of nitrogens with zero attached hydrogens (tertiary/aromatic N) is 3. The second-order valence-electron chi connectivity index (χ2n) is 3.31. The van der Waals surface area contributed by atoms with E-state index in [0.29, 0.717) is 0 Å². The molecule has 0 unspecified atom stereocenters. The smallest absolute Gasteiger partial charge is 0.144 e. The molecule has 82 valence electrons. The molecule has 0 spiro atoms. The summed E-state index contributed by atoms with van der Waals surface area (Å²) in [6.07, 6.45) is 3.51. The Labute approximate surface area is 94.2 Å². The Bertz CT molecular complexity index is 502. The zero-order chi connectivity index (χ0) is 11.4. The van der Waals surface area contributed by atoms with E-state index in [9.17, 15) is 0 Å². The van der Waals surface area contributed by atoms with Crippen LogP contribution in [0.25, 0.3) is 0 Å². The third-order valence-electron chi connectivity index (χ3n) is 2.28. The zero-order valence-corrected chi connectivity index (χ0v) is 9.29. The molecule has 0 N–H and O–H groups in total. The van der Waals surface area contributed by atoms with Crippen molar-refractivity contribution in [1.29, 1.82) is 0 Å². The molecule has 0 aliphatic rings. The Balaban J connectivity index is 2.27. The lowest BCUT2D eigenvalue weighted by Gasteiger charge is -2.02. The van der Waals surface area contributed by atoms with Crippen LogP contribution in [0.15, 0.2) is 41.5 Å². The summed E-state index contributed by atoms with van der Waals surface area (Å²) in [6, 6.07) is 9.54. The van der Waals surface area contributed by atoms with Gasteiger partial charge in [0.25, 0.3) is 0 Å². The number of rotatable bonds is 3. The van der Waals surface area contributed by atoms with E-state index < -0.39 is 0 Å². The Kier molecular flexibility index (Phi) is 3.00. The SMILES string of the molecule is COc1ccccc1/N=C/c1ccnn1C. The molecule has 0 bridgehead atoms. The number of aliphatic imine (C=N–C) groups is 1. The van der Waals surface area contributed by atoms with Crippen molar-refractivity contribution in [3.8, 4) is 5.75 Å². The minimum Gasteiger partial charge on any atom is -0.494 e. The number of hydrogen-bond donors (Lipinski definition) is 0. The minimum atomic E-state index is 0.765. The van der Waals surface area contributed by atoms with Crippen LogP contribution in [-0.2, 0) is 7.05 Å². The summed E-state index contributed by atoms with van der Waals surface area (Å²) in [5.74, 6) is 0.765. The van der Waals surface area contributed by atoms with Crippen molar-refractivity contribution in [2.45, 2.75) is 0 Å². The van der Waals surface area contributed by atoms with Gasteiger partial charge in [0.1, 0.15) is 11.4 Å². The molecule has 0 saturated carbocycles. The van der Waals surface area contributed by atoms with Crippen LogP contribution in [0.1, 0.15) is 5.69 Å². The molecule has 0 saturated heterocycles. The fraction of sp³-hybridized carbons (Fsp3) is 0.167. The van der Waals surface area contributed by atoms with Gasteiger partial charge in [0.15, 0.2) is 0 Å². The molecule has 1 aromatic carbocycles. The second kappa shape index (κ2) is 4.61. The predicted octanol–water partition coefficient (Wildman–Crippen LogP) is 2.18. The number of benzene rings is 1. The highest BCUT2D eigenvalue weighted by molar-refractivity contribution is 5.80. The first-order valence-electron chi connectivity index (χ1n) is 4.96. The van der Waals surface area contributed by atoms with Gasteiger partial charge in [0, 0.05) is 13.2 Å². The Morgan fingerprint density at radius 2 is 2.12 bits per heavy atom. The highest BCUT2D eigenvalue weighted by atomic mass is 16.5. The maximum Gasteiger partial charge on any atom is 0.144 e. The molecule has 2 rings (SSSR count). The molecular formula is C12H13N3O. The summed E-state index contributed by atoms with van der Waals surface area (Å²) < 4.78 is 6.97. The minimum absolute atomic E-state index is 0.765. The van der Waals surface area contributed by atoms with Crippen LogP contribution in [0.2, 0.25) is 0 Å². The third kappa shape index (κ3) is 2.11. The first-order valence-corrected chi connectivity index (χ1v) is 4.96. The van der Waals surface area contributed by atoms with E-state index in [-0.39, 0.29) is 0 Å². The zero-order valence-electron chi connectivity index (χ0n) is 9.29. The summed E-state index contributed by atoms with van der Waals surface area (Å²) in [6.45, 7) is 0. The topological polar surface area (TPSA) is 39.4 Å². The lowest BCUT2D eigenvalue weighted by Crippen LogP contribution is -1.96. The summed E-state index contributed by atoms with van der Waals surface area (Å²) in [7, 11) is 3.52. The lowest BCUT2D eigenvalue weighted by atomic mass is 10.3. The van der Waals surface area contributed by atoms with E-state index in [1.165, 1.54) is 0 Å². The largest absolute Gasteiger partial charge is 0.494 e. The van der Waals surface area contributed by atoms with E-state index in [0.717, 1.165) is 17.1 Å². The average Bonchev–Trinajstić information content (AvgIpc) is 2.72. The van der Waals surface area contributed by atoms with Gasteiger partial charge < -0.3 is 4.74 Å². The van der Waals surface area contributed by atoms with Crippen LogP contribution >= 0.6 is 0 Å². The summed E-state index contributed by atoms with van der Waals surface area (Å²) >= 11 is 0. The molecule has 0 aliphatic heterocycles. The van der Waals surface area contributed by atoms with Crippen molar-refractivity contribution in [1.82, 2.24) is 9.78 Å². The number of methoxy groups -OCH3 is 1. The molecule has 0 atom stereocenters. The second-order valence-corrected chi connectivity index (χ2v) is 3.31. The number of hydrogen-bond acceptors (Lipinski definition) is 3. The number of aromatic nitrogens is 2. The quantitative estimate of drug-likeness (QED) is 0.736. The predicted molar refractivity (Wildman–Crippen MR) is 63.5 cm³/mol. The van der Waals surface area contributed by atoms with Gasteiger partial charge in [-0.25, -0.2) is 0 Å². The van der Waals surface area contributed by atoms with E-state index >= 15 is 0 Å². The normalized spacial score (nSPS) is 10.9. The van der Waals surface area contributed by atoms with Crippen LogP contribution in [-0.4, -0.2) is 23.1 Å². The summed E-state index contributed by atoms with van der Waals surface area (Å²) in [4.78, 5) is 4.37. The van der Waals surface area contributed by atoms with Gasteiger partial charge in [-0.2, -0.15) is 5.10 Å². The molecule has 0 fully saturated rings. The summed E-state index contributed by atoms with van der Waals surface area (Å²) in [5.41, 5.74) is 1.76. The molecular weight excluding hydrogens is 202 g/mol. The Morgan fingerprint density at radius 1 is 1.31 bits per heavy atom. The maximum atomic E-state index is 5.21. The van der Waals surface area contributed by atoms with Crippen LogP contribution < -0.4 is 4.74 Å². The lowest BCUT2D eigenvalue weighted by molar-refractivity contribution is 0.416. The Morgan fingerprint density at radius 3 is 2.81 bits per heavy atom. The highest BCUT2D eigenvalue weighted by Crippen LogP contribution is 2.25. The average molecular weight is 215 g/mol. The van der Waals surface area contributed by atoms with Gasteiger partial charge in [-0.3, -0.25) is 9.67 Å². The van der Waals surface area contributed by atoms with E-state index in [1.54, 1.807) is 24.2 Å². The molecule has 0 aliphatic carbocycles. The molecule has 16 heavy (non-hydrogen) atoms. The van der Waals surface area contributed by atoms with Gasteiger partial charge in [0.05, 0.1) is 19.0 Å². The van der Waals surface area contributed by atoms with Crippen molar-refractivity contribution in [3.05, 3.63) is 42.2 Å². The maximum absolute atomic E-state index is 5.21. The van der Waals surface area contributed by atoms with Gasteiger partial charge in [0.2, 0.25) is 0 Å². The fourth-order valence-corrected chi connectivity index (χ4v) is 1.38. The van der Waals surface area contributed by atoms with Crippen molar-refractivity contribution in [3.63, 3.8) is 0 Å². The van der Waals surface area contributed by atoms with Gasteiger partial charge >= 0.3 is 0 Å². The standard InChI is InChI=1S/C12H13N3O/c1-15-10(7-8-14-15)9-13-11-5-3-4-6-12(11)16-2/h3-9H,1-2H3/b13-9+. The van der Waals surface area contributed by atoms with Crippen LogP contribution in [0.3, 0.4) is 0 Å². The first-order chi connectivity index (χ1) is 7.81. The van der Waals surface area contributed by atoms with Gasteiger partial charge in [-0.15, -0.1) is 0 Å². The number of ether oxygens (including phenoxy) is 1. The molecule has 4 nitrogen and oxygen atoms in total. The summed E-state index contributed by atoms with van der Waals surface area (Å²) in [5, 5.41) is 4.07. The van der Waals surface area contributed by atoms with Crippen molar-refractivity contribution in [2.75, 3.05) is 7.11 Å². The van der Waals surface area contributed by atoms with Crippen molar-refractivity contribution < 1.29 is 4.74 Å². The van der Waals surface area contributed by atoms with E-state index in [1.807, 2.05) is 37.4 Å². The monoisotopic (exact) mass is 215 g/mol. The third-order valence-corrected chi connectivity index (χ3v) is 2.28. The van der Waals surface area contributed by atoms with Crippen LogP contribution in [0.4, 0.5) is 5.69 Å². The Hall–Kier alpha value is -2.10. The molecule has 2 aromatic rings. The molecule has 1 heterocycles. The highest BCUT2D eigenvalue weighted by Gasteiger charge is 1.98. The van der Waals surface area contributed by atoms with Gasteiger partial charge in [-0.05, 0) is 18.2 Å².